The maximum Gasteiger partial charge on any atom is 0.333 e. The molecule has 6 nitrogen and oxygen atoms in total. The van der Waals surface area contributed by atoms with E-state index in [0.717, 1.165) is 39.2 Å². The highest BCUT2D eigenvalue weighted by molar-refractivity contribution is 6.31. The van der Waals surface area contributed by atoms with Gasteiger partial charge in [-0.25, -0.2) is 4.79 Å². The van der Waals surface area contributed by atoms with E-state index in [-0.39, 0.29) is 5.57 Å². The van der Waals surface area contributed by atoms with Crippen molar-refractivity contribution < 1.29 is 14.4 Å². The number of imide groups is 2. The van der Waals surface area contributed by atoms with Crippen molar-refractivity contribution in [2.45, 2.75) is 26.8 Å². The Morgan fingerprint density at radius 3 is 2.27 bits per heavy atom. The number of hydrogen-bond acceptors (Lipinski definition) is 3. The molecule has 1 aliphatic rings. The molecule has 0 spiro atoms. The first-order valence-electron chi connectivity index (χ1n) is 8.74. The maximum atomic E-state index is 12.4. The molecule has 1 aromatic carbocycles. The summed E-state index contributed by atoms with van der Waals surface area (Å²) in [5, 5.41) is 0.978. The summed E-state index contributed by atoms with van der Waals surface area (Å²) in [5.41, 5.74) is 1.87. The Balaban J connectivity index is 2.11. The van der Waals surface area contributed by atoms with Crippen molar-refractivity contribution >= 4 is 34.8 Å². The largest absolute Gasteiger partial charge is 0.347 e. The van der Waals surface area contributed by atoms with Crippen molar-refractivity contribution in [3.05, 3.63) is 41.6 Å². The molecular formula is C20H23N3O3. The molecule has 3 rings (SSSR count). The molecule has 0 radical (unpaired) electrons. The second-order valence-electron chi connectivity index (χ2n) is 6.84. The number of fused-ring (bicyclic) bond motifs is 1. The number of hydrogen-bond donors (Lipinski definition) is 0. The van der Waals surface area contributed by atoms with Gasteiger partial charge in [-0.15, -0.1) is 0 Å². The summed E-state index contributed by atoms with van der Waals surface area (Å²) in [4.78, 5) is 38.7. The minimum absolute atomic E-state index is 0.000966. The Morgan fingerprint density at radius 2 is 1.65 bits per heavy atom. The van der Waals surface area contributed by atoms with Gasteiger partial charge in [0.15, 0.2) is 0 Å². The normalized spacial score (nSPS) is 16.6. The number of aromatic nitrogens is 1. The molecule has 136 valence electrons. The first kappa shape index (κ1) is 17.9. The van der Waals surface area contributed by atoms with Crippen LogP contribution >= 0.6 is 0 Å². The van der Waals surface area contributed by atoms with Crippen LogP contribution in [0.1, 0.15) is 25.8 Å². The summed E-state index contributed by atoms with van der Waals surface area (Å²) in [6.45, 7) is 5.21. The Morgan fingerprint density at radius 1 is 1.04 bits per heavy atom. The van der Waals surface area contributed by atoms with Crippen LogP contribution in [0.15, 0.2) is 36.0 Å². The Kier molecular flexibility index (Phi) is 4.68. The van der Waals surface area contributed by atoms with E-state index in [4.69, 9.17) is 0 Å². The fourth-order valence-corrected chi connectivity index (χ4v) is 3.14. The molecule has 6 heteroatoms. The van der Waals surface area contributed by atoms with Crippen molar-refractivity contribution in [2.75, 3.05) is 14.1 Å². The molecule has 1 atom stereocenters. The topological polar surface area (TPSA) is 62.6 Å². The number of amides is 4. The summed E-state index contributed by atoms with van der Waals surface area (Å²) >= 11 is 0. The Hall–Kier alpha value is -2.89. The second kappa shape index (κ2) is 6.78. The highest BCUT2D eigenvalue weighted by Crippen LogP contribution is 2.26. The zero-order valence-electron chi connectivity index (χ0n) is 15.5. The van der Waals surface area contributed by atoms with Crippen molar-refractivity contribution in [1.82, 2.24) is 14.4 Å². The molecule has 2 heterocycles. The number of rotatable bonds is 4. The molecule has 0 N–H and O–H groups in total. The van der Waals surface area contributed by atoms with Gasteiger partial charge in [0.25, 0.3) is 11.8 Å². The van der Waals surface area contributed by atoms with Gasteiger partial charge < -0.3 is 4.57 Å². The van der Waals surface area contributed by atoms with Crippen LogP contribution in [-0.2, 0) is 16.1 Å². The first-order chi connectivity index (χ1) is 12.3. The fourth-order valence-electron chi connectivity index (χ4n) is 3.14. The average molecular weight is 353 g/mol. The third kappa shape index (κ3) is 2.92. The van der Waals surface area contributed by atoms with Gasteiger partial charge >= 0.3 is 6.03 Å². The van der Waals surface area contributed by atoms with Gasteiger partial charge in [0.05, 0.1) is 0 Å². The minimum Gasteiger partial charge on any atom is -0.347 e. The van der Waals surface area contributed by atoms with Crippen LogP contribution in [0.3, 0.4) is 0 Å². The number of benzene rings is 1. The summed E-state index contributed by atoms with van der Waals surface area (Å²) < 4.78 is 2.16. The molecule has 4 amide bonds. The van der Waals surface area contributed by atoms with Gasteiger partial charge in [-0.1, -0.05) is 38.5 Å². The minimum atomic E-state index is -0.614. The first-order valence-corrected chi connectivity index (χ1v) is 8.74. The third-order valence-corrected chi connectivity index (χ3v) is 4.97. The van der Waals surface area contributed by atoms with Crippen LogP contribution in [0.5, 0.6) is 0 Å². The molecule has 26 heavy (non-hydrogen) atoms. The number of likely N-dealkylation sites (N-methyl/N-ethyl adjacent to an activating group) is 2. The number of carbonyl (C=O) groups excluding carboxylic acids is 3. The van der Waals surface area contributed by atoms with Gasteiger partial charge in [0, 0.05) is 43.3 Å². The quantitative estimate of drug-likeness (QED) is 0.627. The van der Waals surface area contributed by atoms with E-state index in [9.17, 15) is 14.4 Å². The van der Waals surface area contributed by atoms with Crippen LogP contribution in [0, 0.1) is 5.92 Å². The zero-order chi connectivity index (χ0) is 19.0. The molecule has 0 saturated carbocycles. The number of barbiturate groups is 1. The van der Waals surface area contributed by atoms with Gasteiger partial charge in [-0.2, -0.15) is 0 Å². The molecule has 1 unspecified atom stereocenters. The predicted octanol–water partition coefficient (Wildman–Crippen LogP) is 3.12. The summed E-state index contributed by atoms with van der Waals surface area (Å²) in [5.74, 6) is -0.632. The molecule has 0 bridgehead atoms. The molecule has 2 aromatic rings. The van der Waals surface area contributed by atoms with Crippen molar-refractivity contribution in [3.63, 3.8) is 0 Å². The van der Waals surface area contributed by atoms with E-state index in [1.807, 2.05) is 30.5 Å². The SMILES string of the molecule is CCC(C)Cn1cc(C=C2C(=O)N(C)C(=O)N(C)C2=O)c2ccccc21. The lowest BCUT2D eigenvalue weighted by atomic mass is 10.1. The Labute approximate surface area is 152 Å². The summed E-state index contributed by atoms with van der Waals surface area (Å²) in [6, 6.07) is 7.31. The molecule has 1 fully saturated rings. The summed E-state index contributed by atoms with van der Waals surface area (Å²) in [7, 11) is 2.77. The van der Waals surface area contributed by atoms with E-state index in [0.29, 0.717) is 5.92 Å². The standard InChI is InChI=1S/C20H23N3O3/c1-5-13(2)11-23-12-14(15-8-6-7-9-17(15)23)10-16-18(24)21(3)20(26)22(4)19(16)25/h6-10,12-13H,5,11H2,1-4H3. The maximum absolute atomic E-state index is 12.4. The average Bonchev–Trinajstić information content (AvgIpc) is 2.99. The van der Waals surface area contributed by atoms with Crippen molar-refractivity contribution in [2.24, 2.45) is 5.92 Å². The highest BCUT2D eigenvalue weighted by Gasteiger charge is 2.37. The number of urea groups is 1. The lowest BCUT2D eigenvalue weighted by Gasteiger charge is -2.28. The molecular weight excluding hydrogens is 330 g/mol. The Bertz CT molecular complexity index is 900. The van der Waals surface area contributed by atoms with E-state index in [2.05, 4.69) is 18.4 Å². The van der Waals surface area contributed by atoms with E-state index in [1.165, 1.54) is 14.1 Å². The van der Waals surface area contributed by atoms with Gasteiger partial charge in [0.1, 0.15) is 5.57 Å². The van der Waals surface area contributed by atoms with E-state index in [1.54, 1.807) is 6.08 Å². The number of nitrogens with zero attached hydrogens (tertiary/aromatic N) is 3. The van der Waals surface area contributed by atoms with Gasteiger partial charge in [0.2, 0.25) is 0 Å². The van der Waals surface area contributed by atoms with Crippen molar-refractivity contribution in [1.29, 1.82) is 0 Å². The second-order valence-corrected chi connectivity index (χ2v) is 6.84. The monoisotopic (exact) mass is 353 g/mol. The van der Waals surface area contributed by atoms with Crippen LogP contribution in [-0.4, -0.2) is 46.3 Å². The van der Waals surface area contributed by atoms with Crippen LogP contribution < -0.4 is 0 Å². The third-order valence-electron chi connectivity index (χ3n) is 4.97. The summed E-state index contributed by atoms with van der Waals surface area (Å²) in [6.07, 6.45) is 4.64. The predicted molar refractivity (Wildman–Crippen MR) is 100 cm³/mol. The van der Waals surface area contributed by atoms with Gasteiger partial charge in [-0.05, 0) is 18.1 Å². The number of carbonyl (C=O) groups is 3. The van der Waals surface area contributed by atoms with E-state index < -0.39 is 17.8 Å². The lowest BCUT2D eigenvalue weighted by Crippen LogP contribution is -2.52. The van der Waals surface area contributed by atoms with E-state index >= 15 is 0 Å². The molecule has 1 aromatic heterocycles. The van der Waals surface area contributed by atoms with Crippen LogP contribution in [0.4, 0.5) is 4.79 Å². The molecule has 1 aliphatic heterocycles. The molecule has 0 aliphatic carbocycles. The zero-order valence-corrected chi connectivity index (χ0v) is 15.5. The van der Waals surface area contributed by atoms with Crippen LogP contribution in [0.25, 0.3) is 17.0 Å². The fraction of sp³-hybridized carbons (Fsp3) is 0.350. The highest BCUT2D eigenvalue weighted by atomic mass is 16.2. The molecule has 1 saturated heterocycles. The lowest BCUT2D eigenvalue weighted by molar-refractivity contribution is -0.134. The van der Waals surface area contributed by atoms with Gasteiger partial charge in [-0.3, -0.25) is 19.4 Å². The van der Waals surface area contributed by atoms with Crippen LogP contribution in [0.2, 0.25) is 0 Å². The number of para-hydroxylation sites is 1. The van der Waals surface area contributed by atoms with Crippen molar-refractivity contribution in [3.8, 4) is 0 Å². The smallest absolute Gasteiger partial charge is 0.333 e.